The van der Waals surface area contributed by atoms with Crippen LogP contribution in [0.1, 0.15) is 38.2 Å². The zero-order valence-corrected chi connectivity index (χ0v) is 14.2. The Balaban J connectivity index is 1.51. The predicted molar refractivity (Wildman–Crippen MR) is 94.3 cm³/mol. The molecule has 1 aromatic rings. The lowest BCUT2D eigenvalue weighted by Crippen LogP contribution is -2.48. The van der Waals surface area contributed by atoms with Crippen molar-refractivity contribution in [1.82, 2.24) is 10.2 Å². The Morgan fingerprint density at radius 2 is 1.83 bits per heavy atom. The van der Waals surface area contributed by atoms with Crippen LogP contribution < -0.4 is 10.6 Å². The summed E-state index contributed by atoms with van der Waals surface area (Å²) in [4.78, 5) is 14.8. The van der Waals surface area contributed by atoms with E-state index in [4.69, 9.17) is 0 Å². The number of carbonyl (C=O) groups excluding carboxylic acids is 1. The van der Waals surface area contributed by atoms with Crippen molar-refractivity contribution in [2.75, 3.05) is 31.5 Å². The fraction of sp³-hybridized carbons (Fsp3) is 0.632. The van der Waals surface area contributed by atoms with Crippen molar-refractivity contribution in [3.05, 3.63) is 29.8 Å². The molecule has 4 nitrogen and oxygen atoms in total. The number of nitrogens with zero attached hydrogens (tertiary/aromatic N) is 1. The van der Waals surface area contributed by atoms with Crippen LogP contribution in [0.15, 0.2) is 24.3 Å². The molecular weight excluding hydrogens is 286 g/mol. The van der Waals surface area contributed by atoms with Crippen molar-refractivity contribution < 1.29 is 4.79 Å². The Morgan fingerprint density at radius 1 is 1.17 bits per heavy atom. The van der Waals surface area contributed by atoms with Gasteiger partial charge in [0.1, 0.15) is 0 Å². The highest BCUT2D eigenvalue weighted by molar-refractivity contribution is 5.92. The molecule has 0 bridgehead atoms. The van der Waals surface area contributed by atoms with Crippen LogP contribution in [0.4, 0.5) is 5.69 Å². The molecule has 2 fully saturated rings. The molecular formula is C19H29N3O. The van der Waals surface area contributed by atoms with E-state index in [2.05, 4.69) is 27.7 Å². The molecule has 2 aliphatic heterocycles. The highest BCUT2D eigenvalue weighted by Gasteiger charge is 2.28. The number of nitrogens with one attached hydrogen (secondary N) is 2. The van der Waals surface area contributed by atoms with E-state index in [9.17, 15) is 4.79 Å². The van der Waals surface area contributed by atoms with Gasteiger partial charge in [-0.15, -0.1) is 0 Å². The Kier molecular flexibility index (Phi) is 5.68. The average Bonchev–Trinajstić information content (AvgIpc) is 2.76. The van der Waals surface area contributed by atoms with Crippen LogP contribution in [0.2, 0.25) is 0 Å². The van der Waals surface area contributed by atoms with Crippen molar-refractivity contribution in [3.63, 3.8) is 0 Å². The number of carbonyl (C=O) groups is 1. The molecule has 3 rings (SSSR count). The second kappa shape index (κ2) is 7.93. The van der Waals surface area contributed by atoms with Gasteiger partial charge in [-0.25, -0.2) is 0 Å². The summed E-state index contributed by atoms with van der Waals surface area (Å²) in [6.45, 7) is 7.40. The van der Waals surface area contributed by atoms with Crippen LogP contribution in [-0.2, 0) is 11.3 Å². The maximum atomic E-state index is 12.2. The number of amides is 1. The Morgan fingerprint density at radius 3 is 2.39 bits per heavy atom. The number of benzene rings is 1. The summed E-state index contributed by atoms with van der Waals surface area (Å²) in [7, 11) is 0. The number of likely N-dealkylation sites (tertiary alicyclic amines) is 1. The lowest BCUT2D eigenvalue weighted by Gasteiger charge is -2.31. The third-order valence-electron chi connectivity index (χ3n) is 5.26. The summed E-state index contributed by atoms with van der Waals surface area (Å²) < 4.78 is 0. The first-order valence-corrected chi connectivity index (χ1v) is 9.05. The quantitative estimate of drug-likeness (QED) is 0.878. The summed E-state index contributed by atoms with van der Waals surface area (Å²) in [5, 5.41) is 6.28. The second-order valence-corrected chi connectivity index (χ2v) is 7.08. The monoisotopic (exact) mass is 315 g/mol. The third kappa shape index (κ3) is 4.55. The van der Waals surface area contributed by atoms with Crippen LogP contribution in [0.5, 0.6) is 0 Å². The lowest BCUT2D eigenvalue weighted by atomic mass is 9.88. The summed E-state index contributed by atoms with van der Waals surface area (Å²) in [5.74, 6) is 0.696. The smallest absolute Gasteiger partial charge is 0.227 e. The molecule has 4 heteroatoms. The van der Waals surface area contributed by atoms with Crippen LogP contribution in [0.25, 0.3) is 0 Å². The number of anilines is 1. The molecule has 0 saturated carbocycles. The molecule has 1 atom stereocenters. The maximum Gasteiger partial charge on any atom is 0.227 e. The Hall–Kier alpha value is -1.39. The molecule has 2 heterocycles. The van der Waals surface area contributed by atoms with Gasteiger partial charge in [-0.3, -0.25) is 9.69 Å². The van der Waals surface area contributed by atoms with E-state index in [1.54, 1.807) is 0 Å². The van der Waals surface area contributed by atoms with E-state index in [-0.39, 0.29) is 11.8 Å². The maximum absolute atomic E-state index is 12.2. The minimum Gasteiger partial charge on any atom is -0.326 e. The molecule has 1 amide bonds. The summed E-state index contributed by atoms with van der Waals surface area (Å²) in [6.07, 6.45) is 5.39. The SMILES string of the molecule is CC(C(=O)Nc1ccc(CN2CCCCCC2)cc1)C1CNC1. The molecule has 2 N–H and O–H groups in total. The molecule has 0 spiro atoms. The van der Waals surface area contributed by atoms with Gasteiger partial charge in [0.2, 0.25) is 5.91 Å². The number of hydrogen-bond acceptors (Lipinski definition) is 3. The Labute approximate surface area is 139 Å². The fourth-order valence-electron chi connectivity index (χ4n) is 3.38. The van der Waals surface area contributed by atoms with Gasteiger partial charge in [-0.1, -0.05) is 31.9 Å². The molecule has 0 radical (unpaired) electrons. The summed E-state index contributed by atoms with van der Waals surface area (Å²) >= 11 is 0. The highest BCUT2D eigenvalue weighted by Crippen LogP contribution is 2.19. The molecule has 2 saturated heterocycles. The average molecular weight is 315 g/mol. The van der Waals surface area contributed by atoms with Crippen LogP contribution in [0.3, 0.4) is 0 Å². The van der Waals surface area contributed by atoms with Gasteiger partial charge in [-0.05, 0) is 62.6 Å². The summed E-state index contributed by atoms with van der Waals surface area (Å²) in [5.41, 5.74) is 2.25. The first kappa shape index (κ1) is 16.5. The minimum absolute atomic E-state index is 0.0769. The van der Waals surface area contributed by atoms with E-state index in [0.29, 0.717) is 5.92 Å². The fourth-order valence-corrected chi connectivity index (χ4v) is 3.38. The van der Waals surface area contributed by atoms with E-state index < -0.39 is 0 Å². The normalized spacial score (nSPS) is 21.3. The molecule has 23 heavy (non-hydrogen) atoms. The van der Waals surface area contributed by atoms with Gasteiger partial charge in [0.25, 0.3) is 0 Å². The van der Waals surface area contributed by atoms with E-state index in [1.165, 1.54) is 44.3 Å². The lowest BCUT2D eigenvalue weighted by molar-refractivity contribution is -0.121. The second-order valence-electron chi connectivity index (χ2n) is 7.08. The minimum atomic E-state index is 0.0769. The zero-order chi connectivity index (χ0) is 16.1. The molecule has 0 aliphatic carbocycles. The van der Waals surface area contributed by atoms with Crippen molar-refractivity contribution in [3.8, 4) is 0 Å². The number of hydrogen-bond donors (Lipinski definition) is 2. The van der Waals surface area contributed by atoms with Gasteiger partial charge < -0.3 is 10.6 Å². The Bertz CT molecular complexity index is 502. The molecule has 126 valence electrons. The summed E-state index contributed by atoms with van der Waals surface area (Å²) in [6, 6.07) is 8.37. The number of rotatable bonds is 5. The largest absolute Gasteiger partial charge is 0.326 e. The van der Waals surface area contributed by atoms with Crippen molar-refractivity contribution in [2.45, 2.75) is 39.2 Å². The molecule has 1 aromatic carbocycles. The van der Waals surface area contributed by atoms with Gasteiger partial charge in [0.05, 0.1) is 0 Å². The molecule has 2 aliphatic rings. The predicted octanol–water partition coefficient (Wildman–Crippen LogP) is 2.86. The van der Waals surface area contributed by atoms with Crippen molar-refractivity contribution in [2.24, 2.45) is 11.8 Å². The first-order chi connectivity index (χ1) is 11.2. The van der Waals surface area contributed by atoms with Gasteiger partial charge in [0.15, 0.2) is 0 Å². The van der Waals surface area contributed by atoms with E-state index >= 15 is 0 Å². The molecule has 1 unspecified atom stereocenters. The van der Waals surface area contributed by atoms with Crippen LogP contribution >= 0.6 is 0 Å². The van der Waals surface area contributed by atoms with Gasteiger partial charge in [-0.2, -0.15) is 0 Å². The topological polar surface area (TPSA) is 44.4 Å². The standard InChI is InChI=1S/C19H29N3O/c1-15(17-12-20-13-17)19(23)21-18-8-6-16(7-9-18)14-22-10-4-2-3-5-11-22/h6-9,15,17,20H,2-5,10-14H2,1H3,(H,21,23). The van der Waals surface area contributed by atoms with Crippen LogP contribution in [0, 0.1) is 11.8 Å². The van der Waals surface area contributed by atoms with E-state index in [1.807, 2.05) is 19.1 Å². The van der Waals surface area contributed by atoms with Crippen molar-refractivity contribution in [1.29, 1.82) is 0 Å². The third-order valence-corrected chi connectivity index (χ3v) is 5.26. The van der Waals surface area contributed by atoms with E-state index in [0.717, 1.165) is 25.3 Å². The highest BCUT2D eigenvalue weighted by atomic mass is 16.1. The first-order valence-electron chi connectivity index (χ1n) is 9.05. The van der Waals surface area contributed by atoms with Gasteiger partial charge in [0, 0.05) is 18.2 Å². The van der Waals surface area contributed by atoms with Gasteiger partial charge >= 0.3 is 0 Å². The zero-order valence-electron chi connectivity index (χ0n) is 14.2. The van der Waals surface area contributed by atoms with Crippen molar-refractivity contribution >= 4 is 11.6 Å². The molecule has 0 aromatic heterocycles. The van der Waals surface area contributed by atoms with Crippen LogP contribution in [-0.4, -0.2) is 37.0 Å².